The Morgan fingerprint density at radius 2 is 1.64 bits per heavy atom. The van der Waals surface area contributed by atoms with Gasteiger partial charge in [0.1, 0.15) is 17.4 Å². The van der Waals surface area contributed by atoms with Crippen LogP contribution in [0.3, 0.4) is 0 Å². The Balaban J connectivity index is 1.67. The summed E-state index contributed by atoms with van der Waals surface area (Å²) in [4.78, 5) is 23.3. The monoisotopic (exact) mass is 376 g/mol. The van der Waals surface area contributed by atoms with Crippen molar-refractivity contribution in [1.29, 1.82) is 0 Å². The fourth-order valence-electron chi connectivity index (χ4n) is 2.80. The van der Waals surface area contributed by atoms with Gasteiger partial charge in [-0.05, 0) is 49.2 Å². The molecule has 2 aromatic carbocycles. The van der Waals surface area contributed by atoms with Crippen LogP contribution in [0.25, 0.3) is 11.1 Å². The van der Waals surface area contributed by atoms with Crippen molar-refractivity contribution in [2.45, 2.75) is 20.4 Å². The molecule has 0 fully saturated rings. The highest BCUT2D eigenvalue weighted by Gasteiger charge is 2.09. The Morgan fingerprint density at radius 1 is 1.04 bits per heavy atom. The van der Waals surface area contributed by atoms with E-state index >= 15 is 0 Å². The van der Waals surface area contributed by atoms with E-state index in [9.17, 15) is 9.90 Å². The van der Waals surface area contributed by atoms with Crippen LogP contribution in [0.4, 0.5) is 5.82 Å². The smallest absolute Gasteiger partial charge is 0.251 e. The van der Waals surface area contributed by atoms with Gasteiger partial charge in [-0.1, -0.05) is 24.3 Å². The molecule has 0 aliphatic rings. The van der Waals surface area contributed by atoms with Crippen LogP contribution in [0, 0.1) is 6.92 Å². The zero-order valence-corrected chi connectivity index (χ0v) is 16.3. The van der Waals surface area contributed by atoms with Gasteiger partial charge in [-0.3, -0.25) is 4.79 Å². The van der Waals surface area contributed by atoms with E-state index in [0.29, 0.717) is 17.9 Å². The van der Waals surface area contributed by atoms with E-state index in [1.54, 1.807) is 24.3 Å². The van der Waals surface area contributed by atoms with Gasteiger partial charge in [0.25, 0.3) is 5.91 Å². The number of carbonyl (C=O) groups excluding carboxylic acids is 1. The number of rotatable bonds is 6. The van der Waals surface area contributed by atoms with Gasteiger partial charge in [-0.2, -0.15) is 0 Å². The van der Waals surface area contributed by atoms with Crippen molar-refractivity contribution < 1.29 is 9.90 Å². The maximum Gasteiger partial charge on any atom is 0.251 e. The normalized spacial score (nSPS) is 10.5. The molecule has 0 unspecified atom stereocenters. The minimum absolute atomic E-state index is 0.154. The van der Waals surface area contributed by atoms with Gasteiger partial charge >= 0.3 is 0 Å². The average molecular weight is 376 g/mol. The summed E-state index contributed by atoms with van der Waals surface area (Å²) in [6.45, 7) is 5.09. The Bertz CT molecular complexity index is 953. The summed E-state index contributed by atoms with van der Waals surface area (Å²) in [6, 6.07) is 16.2. The molecule has 144 valence electrons. The highest BCUT2D eigenvalue weighted by atomic mass is 16.3. The van der Waals surface area contributed by atoms with E-state index in [2.05, 4.69) is 22.2 Å². The quantitative estimate of drug-likeness (QED) is 0.688. The maximum atomic E-state index is 12.5. The van der Waals surface area contributed by atoms with Crippen LogP contribution >= 0.6 is 0 Å². The van der Waals surface area contributed by atoms with Gasteiger partial charge in [-0.25, -0.2) is 9.97 Å². The second-order valence-electron chi connectivity index (χ2n) is 6.59. The fraction of sp³-hybridized carbons (Fsp3) is 0.227. The maximum absolute atomic E-state index is 12.5. The first-order chi connectivity index (χ1) is 13.5. The van der Waals surface area contributed by atoms with Crippen LogP contribution in [-0.4, -0.2) is 34.6 Å². The van der Waals surface area contributed by atoms with Gasteiger partial charge < -0.3 is 15.3 Å². The van der Waals surface area contributed by atoms with Crippen LogP contribution in [-0.2, 0) is 6.54 Å². The minimum atomic E-state index is -0.154. The molecular formula is C22H24N4O2. The highest BCUT2D eigenvalue weighted by molar-refractivity contribution is 5.94. The fourth-order valence-corrected chi connectivity index (χ4v) is 2.80. The number of hydrogen-bond donors (Lipinski definition) is 2. The number of aryl methyl sites for hydroxylation is 1. The number of amides is 1. The number of aromatic hydroxyl groups is 1. The first-order valence-electron chi connectivity index (χ1n) is 9.19. The molecule has 1 heterocycles. The summed E-state index contributed by atoms with van der Waals surface area (Å²) < 4.78 is 0. The van der Waals surface area contributed by atoms with Gasteiger partial charge in [0.05, 0.1) is 12.2 Å². The Hall–Kier alpha value is -3.41. The summed E-state index contributed by atoms with van der Waals surface area (Å²) in [5.41, 5.74) is 3.32. The van der Waals surface area contributed by atoms with Gasteiger partial charge in [0.2, 0.25) is 0 Å². The number of benzene rings is 2. The summed E-state index contributed by atoms with van der Waals surface area (Å²) >= 11 is 0. The molecule has 0 saturated carbocycles. The first-order valence-corrected chi connectivity index (χ1v) is 9.19. The van der Waals surface area contributed by atoms with E-state index in [0.717, 1.165) is 29.2 Å². The number of carbonyl (C=O) groups is 1. The van der Waals surface area contributed by atoms with Gasteiger partial charge in [0.15, 0.2) is 0 Å². The van der Waals surface area contributed by atoms with Crippen LogP contribution < -0.4 is 10.2 Å². The van der Waals surface area contributed by atoms with Crippen LogP contribution in [0.15, 0.2) is 54.6 Å². The van der Waals surface area contributed by atoms with Crippen molar-refractivity contribution in [1.82, 2.24) is 15.3 Å². The van der Waals surface area contributed by atoms with Gasteiger partial charge in [-0.15, -0.1) is 0 Å². The molecule has 0 bridgehead atoms. The third-order valence-corrected chi connectivity index (χ3v) is 4.52. The molecule has 0 radical (unpaired) electrons. The zero-order chi connectivity index (χ0) is 20.1. The lowest BCUT2D eigenvalue weighted by molar-refractivity contribution is 0.0950. The number of nitrogens with one attached hydrogen (secondary N) is 1. The zero-order valence-electron chi connectivity index (χ0n) is 16.3. The number of anilines is 1. The third kappa shape index (κ3) is 4.65. The number of phenols is 1. The van der Waals surface area contributed by atoms with Crippen molar-refractivity contribution in [3.63, 3.8) is 0 Å². The molecule has 0 aliphatic carbocycles. The lowest BCUT2D eigenvalue weighted by Gasteiger charge is -2.16. The standard InChI is InChI=1S/C22H24N4O2/c1-4-26(3)21-13-19(24-15(2)25-21)14-23-22(28)18-7-5-16(6-8-18)17-9-11-20(27)12-10-17/h5-13,27H,4,14H2,1-3H3,(H,23,28). The van der Waals surface area contributed by atoms with E-state index in [1.807, 2.05) is 49.2 Å². The van der Waals surface area contributed by atoms with Crippen molar-refractivity contribution >= 4 is 11.7 Å². The minimum Gasteiger partial charge on any atom is -0.508 e. The number of aromatic nitrogens is 2. The third-order valence-electron chi connectivity index (χ3n) is 4.52. The van der Waals surface area contributed by atoms with Crippen LogP contribution in [0.1, 0.15) is 28.8 Å². The first kappa shape index (κ1) is 19.4. The molecule has 6 heteroatoms. The molecule has 0 saturated heterocycles. The summed E-state index contributed by atoms with van der Waals surface area (Å²) in [5, 5.41) is 12.3. The predicted molar refractivity (Wildman–Crippen MR) is 110 cm³/mol. The molecule has 3 aromatic rings. The molecule has 28 heavy (non-hydrogen) atoms. The Kier molecular flexibility index (Phi) is 5.89. The highest BCUT2D eigenvalue weighted by Crippen LogP contribution is 2.22. The van der Waals surface area contributed by atoms with Crippen molar-refractivity contribution in [3.8, 4) is 16.9 Å². The van der Waals surface area contributed by atoms with Crippen LogP contribution in [0.5, 0.6) is 5.75 Å². The van der Waals surface area contributed by atoms with Gasteiger partial charge in [0, 0.05) is 25.2 Å². The van der Waals surface area contributed by atoms with Crippen molar-refractivity contribution in [2.24, 2.45) is 0 Å². The summed E-state index contributed by atoms with van der Waals surface area (Å²) in [7, 11) is 1.97. The molecule has 1 amide bonds. The lowest BCUT2D eigenvalue weighted by Crippen LogP contribution is -2.24. The molecule has 0 aliphatic heterocycles. The van der Waals surface area contributed by atoms with Crippen LogP contribution in [0.2, 0.25) is 0 Å². The van der Waals surface area contributed by atoms with E-state index in [1.165, 1.54) is 0 Å². The topological polar surface area (TPSA) is 78.4 Å². The Labute approximate surface area is 164 Å². The Morgan fingerprint density at radius 3 is 2.25 bits per heavy atom. The molecule has 6 nitrogen and oxygen atoms in total. The predicted octanol–water partition coefficient (Wildman–Crippen LogP) is 3.54. The number of phenolic OH excluding ortho intramolecular Hbond substituents is 1. The molecule has 3 rings (SSSR count). The number of hydrogen-bond acceptors (Lipinski definition) is 5. The molecular weight excluding hydrogens is 352 g/mol. The SMILES string of the molecule is CCN(C)c1cc(CNC(=O)c2ccc(-c3ccc(O)cc3)cc2)nc(C)n1. The largest absolute Gasteiger partial charge is 0.508 e. The molecule has 0 spiro atoms. The molecule has 2 N–H and O–H groups in total. The summed E-state index contributed by atoms with van der Waals surface area (Å²) in [5.74, 6) is 1.60. The van der Waals surface area contributed by atoms with E-state index < -0.39 is 0 Å². The molecule has 1 aromatic heterocycles. The summed E-state index contributed by atoms with van der Waals surface area (Å²) in [6.07, 6.45) is 0. The second kappa shape index (κ2) is 8.52. The molecule has 0 atom stereocenters. The van der Waals surface area contributed by atoms with E-state index in [-0.39, 0.29) is 11.7 Å². The van der Waals surface area contributed by atoms with Crippen molar-refractivity contribution in [3.05, 3.63) is 71.7 Å². The van der Waals surface area contributed by atoms with Crippen molar-refractivity contribution in [2.75, 3.05) is 18.5 Å². The second-order valence-corrected chi connectivity index (χ2v) is 6.59. The lowest BCUT2D eigenvalue weighted by atomic mass is 10.0. The van der Waals surface area contributed by atoms with E-state index in [4.69, 9.17) is 0 Å². The number of nitrogens with zero attached hydrogens (tertiary/aromatic N) is 3. The average Bonchev–Trinajstić information content (AvgIpc) is 2.71.